The van der Waals surface area contributed by atoms with E-state index in [1.165, 1.54) is 33.0 Å². The summed E-state index contributed by atoms with van der Waals surface area (Å²) in [7, 11) is 0. The van der Waals surface area contributed by atoms with Crippen LogP contribution in [0.5, 0.6) is 11.5 Å². The van der Waals surface area contributed by atoms with Crippen LogP contribution < -0.4 is 4.74 Å². The van der Waals surface area contributed by atoms with E-state index in [4.69, 9.17) is 14.7 Å². The molecule has 66 heavy (non-hydrogen) atoms. The Balaban J connectivity index is 1.07. The molecule has 2 aromatic heterocycles. The summed E-state index contributed by atoms with van der Waals surface area (Å²) in [6.07, 6.45) is 0. The maximum absolute atomic E-state index is 6.75. The first-order valence-corrected chi connectivity index (χ1v) is 22.5. The third-order valence-electron chi connectivity index (χ3n) is 13.7. The van der Waals surface area contributed by atoms with Crippen molar-refractivity contribution in [3.8, 4) is 67.9 Å². The number of nitrogens with zero attached hydrogens (tertiary/aromatic N) is 4. The normalized spacial score (nSPS) is 13.1. The molecule has 0 N–H and O–H groups in total. The molecule has 10 aromatic carbocycles. The van der Waals surface area contributed by atoms with Crippen molar-refractivity contribution >= 4 is 32.8 Å². The first kappa shape index (κ1) is 36.7. The van der Waals surface area contributed by atoms with E-state index in [9.17, 15) is 0 Å². The molecule has 1 aliphatic heterocycles. The summed E-state index contributed by atoms with van der Waals surface area (Å²) in [5.41, 5.74) is 16.8. The minimum atomic E-state index is -0.640. The lowest BCUT2D eigenvalue weighted by Crippen LogP contribution is -2.32. The molecule has 5 heteroatoms. The van der Waals surface area contributed by atoms with Crippen LogP contribution in [-0.4, -0.2) is 19.1 Å². The first-order valence-electron chi connectivity index (χ1n) is 22.5. The molecule has 3 heterocycles. The Morgan fingerprint density at radius 2 is 0.803 bits per heavy atom. The Labute approximate surface area is 381 Å². The van der Waals surface area contributed by atoms with E-state index in [1.807, 2.05) is 0 Å². The Hall–Kier alpha value is -8.80. The maximum Gasteiger partial charge on any atom is 0.145 e. The van der Waals surface area contributed by atoms with Gasteiger partial charge in [-0.1, -0.05) is 133 Å². The van der Waals surface area contributed by atoms with Crippen LogP contribution in [-0.2, 0) is 5.41 Å². The van der Waals surface area contributed by atoms with Crippen LogP contribution in [0.3, 0.4) is 0 Å². The fourth-order valence-electron chi connectivity index (χ4n) is 10.9. The zero-order valence-electron chi connectivity index (χ0n) is 35.6. The number of fused-ring (bicyclic) bond motifs is 12. The van der Waals surface area contributed by atoms with Gasteiger partial charge in [-0.25, -0.2) is 9.97 Å². The van der Waals surface area contributed by atoms with Crippen molar-refractivity contribution < 1.29 is 4.74 Å². The Morgan fingerprint density at radius 1 is 0.333 bits per heavy atom. The molecule has 2 aliphatic rings. The van der Waals surface area contributed by atoms with Gasteiger partial charge in [0.1, 0.15) is 23.1 Å². The van der Waals surface area contributed by atoms with Gasteiger partial charge in [0.2, 0.25) is 0 Å². The zero-order chi connectivity index (χ0) is 43.3. The molecular weight excluding hydrogens is 805 g/mol. The number of rotatable bonds is 5. The third kappa shape index (κ3) is 5.28. The quantitative estimate of drug-likeness (QED) is 0.173. The minimum Gasteiger partial charge on any atom is -0.457 e. The van der Waals surface area contributed by atoms with Gasteiger partial charge in [-0.15, -0.1) is 0 Å². The highest BCUT2D eigenvalue weighted by Gasteiger charge is 2.51. The average molecular weight is 843 g/mol. The van der Waals surface area contributed by atoms with E-state index >= 15 is 0 Å². The van der Waals surface area contributed by atoms with Gasteiger partial charge in [-0.2, -0.15) is 0 Å². The molecular formula is C61H38N4O. The smallest absolute Gasteiger partial charge is 0.145 e. The second kappa shape index (κ2) is 14.1. The van der Waals surface area contributed by atoms with Crippen molar-refractivity contribution in [2.45, 2.75) is 5.41 Å². The van der Waals surface area contributed by atoms with Crippen LogP contribution in [0.15, 0.2) is 231 Å². The molecule has 0 amide bonds. The van der Waals surface area contributed by atoms with E-state index < -0.39 is 5.41 Å². The number of aromatic nitrogens is 4. The van der Waals surface area contributed by atoms with Gasteiger partial charge in [0.25, 0.3) is 0 Å². The molecule has 1 spiro atoms. The Bertz CT molecular complexity index is 3740. The Kier molecular flexibility index (Phi) is 7.83. The topological polar surface area (TPSA) is 44.9 Å². The summed E-state index contributed by atoms with van der Waals surface area (Å²) in [5, 5.41) is 2.43. The average Bonchev–Trinajstić information content (AvgIpc) is 4.05. The lowest BCUT2D eigenvalue weighted by atomic mass is 9.65. The number of imidazole rings is 2. The molecule has 1 aliphatic carbocycles. The van der Waals surface area contributed by atoms with Gasteiger partial charge < -0.3 is 4.74 Å². The molecule has 0 saturated heterocycles. The molecule has 0 unspecified atom stereocenters. The van der Waals surface area contributed by atoms with Crippen LogP contribution in [0.25, 0.3) is 89.2 Å². The highest BCUT2D eigenvalue weighted by molar-refractivity contribution is 5.98. The van der Waals surface area contributed by atoms with Gasteiger partial charge in [0.05, 0.1) is 27.5 Å². The number of hydrogen-bond acceptors (Lipinski definition) is 3. The van der Waals surface area contributed by atoms with Crippen molar-refractivity contribution in [2.75, 3.05) is 0 Å². The van der Waals surface area contributed by atoms with Crippen LogP contribution in [0, 0.1) is 0 Å². The van der Waals surface area contributed by atoms with Crippen molar-refractivity contribution in [1.29, 1.82) is 0 Å². The predicted molar refractivity (Wildman–Crippen MR) is 267 cm³/mol. The van der Waals surface area contributed by atoms with Crippen molar-refractivity contribution in [2.24, 2.45) is 0 Å². The fraction of sp³-hybridized carbons (Fsp3) is 0.0164. The molecule has 0 radical (unpaired) electrons. The number of benzene rings is 10. The summed E-state index contributed by atoms with van der Waals surface area (Å²) < 4.78 is 11.3. The van der Waals surface area contributed by atoms with Crippen LogP contribution >= 0.6 is 0 Å². The van der Waals surface area contributed by atoms with E-state index in [1.54, 1.807) is 0 Å². The van der Waals surface area contributed by atoms with Crippen molar-refractivity contribution in [1.82, 2.24) is 19.1 Å². The van der Waals surface area contributed by atoms with E-state index in [2.05, 4.69) is 240 Å². The highest BCUT2D eigenvalue weighted by Crippen LogP contribution is 2.63. The second-order valence-electron chi connectivity index (χ2n) is 17.3. The number of ether oxygens (including phenoxy) is 1. The molecule has 0 atom stereocenters. The maximum atomic E-state index is 6.75. The fourth-order valence-corrected chi connectivity index (χ4v) is 10.9. The molecule has 0 saturated carbocycles. The largest absolute Gasteiger partial charge is 0.457 e. The van der Waals surface area contributed by atoms with Crippen molar-refractivity contribution in [3.05, 3.63) is 253 Å². The highest BCUT2D eigenvalue weighted by atomic mass is 16.5. The minimum absolute atomic E-state index is 0.640. The molecule has 308 valence electrons. The van der Waals surface area contributed by atoms with Crippen LogP contribution in [0.2, 0.25) is 0 Å². The molecule has 0 fully saturated rings. The molecule has 14 rings (SSSR count). The summed E-state index contributed by atoms with van der Waals surface area (Å²) in [4.78, 5) is 10.8. The molecule has 12 aromatic rings. The molecule has 0 bridgehead atoms. The summed E-state index contributed by atoms with van der Waals surface area (Å²) in [6, 6.07) is 82.6. The second-order valence-corrected chi connectivity index (χ2v) is 17.3. The lowest BCUT2D eigenvalue weighted by Gasteiger charge is -2.39. The van der Waals surface area contributed by atoms with Gasteiger partial charge in [0.15, 0.2) is 0 Å². The van der Waals surface area contributed by atoms with Gasteiger partial charge in [-0.3, -0.25) is 9.13 Å². The lowest BCUT2D eigenvalue weighted by molar-refractivity contribution is 0.436. The number of hydrogen-bond donors (Lipinski definition) is 0. The first-order chi connectivity index (χ1) is 32.7. The van der Waals surface area contributed by atoms with Gasteiger partial charge in [-0.05, 0) is 141 Å². The van der Waals surface area contributed by atoms with Crippen molar-refractivity contribution in [3.63, 3.8) is 0 Å². The summed E-state index contributed by atoms with van der Waals surface area (Å²) in [5.74, 6) is 3.46. The van der Waals surface area contributed by atoms with E-state index in [-0.39, 0.29) is 0 Å². The molecule has 5 nitrogen and oxygen atoms in total. The van der Waals surface area contributed by atoms with E-state index in [0.717, 1.165) is 90.0 Å². The summed E-state index contributed by atoms with van der Waals surface area (Å²) in [6.45, 7) is 0. The standard InChI is InChI=1S/C61H38N4O/c1-3-19-45(20-4-1)64-55-27-13-11-25-53(55)62-59(64)43-33-42(34-44(35-43)60-63-54-26-12-14-28-56(54)65(60)46-21-5-2-6-22-46)41-31-32-47-48-36-39-17-7-8-18-40(39)37-52(48)61(51(47)38-41)49-23-9-15-29-57(49)66-58-30-16-10-24-50(58)61/h1-38H. The third-order valence-corrected chi connectivity index (χ3v) is 13.7. The number of para-hydroxylation sites is 8. The van der Waals surface area contributed by atoms with Crippen LogP contribution in [0.1, 0.15) is 22.3 Å². The summed E-state index contributed by atoms with van der Waals surface area (Å²) >= 11 is 0. The van der Waals surface area contributed by atoms with E-state index in [0.29, 0.717) is 0 Å². The monoisotopic (exact) mass is 842 g/mol. The van der Waals surface area contributed by atoms with Gasteiger partial charge >= 0.3 is 0 Å². The van der Waals surface area contributed by atoms with Gasteiger partial charge in [0, 0.05) is 33.6 Å². The predicted octanol–water partition coefficient (Wildman–Crippen LogP) is 15.0. The SMILES string of the molecule is c1ccc(-n2c(-c3cc(-c4ccc5c(c4)C4(c6ccccc6Oc6ccccc64)c4cc6ccccc6cc4-5)cc(-c4nc5ccccc5n4-c4ccccc4)c3)nc3ccccc32)cc1. The Morgan fingerprint density at radius 3 is 1.39 bits per heavy atom. The zero-order valence-corrected chi connectivity index (χ0v) is 35.6. The van der Waals surface area contributed by atoms with Crippen LogP contribution in [0.4, 0.5) is 0 Å².